The molecule has 2 fully saturated rings. The maximum absolute atomic E-state index is 12.6. The molecular formula is C23H29N5O4. The third kappa shape index (κ3) is 5.09. The number of hydrogen-bond acceptors (Lipinski definition) is 7. The average Bonchev–Trinajstić information content (AvgIpc) is 3.46. The lowest BCUT2D eigenvalue weighted by atomic mass is 10.1. The second-order valence-corrected chi connectivity index (χ2v) is 8.05. The van der Waals surface area contributed by atoms with E-state index in [9.17, 15) is 9.59 Å². The number of aryl methyl sites for hydroxylation is 1. The summed E-state index contributed by atoms with van der Waals surface area (Å²) in [5, 5.41) is 2.87. The van der Waals surface area contributed by atoms with Crippen molar-refractivity contribution >= 4 is 23.3 Å². The van der Waals surface area contributed by atoms with Crippen molar-refractivity contribution in [3.63, 3.8) is 0 Å². The molecule has 2 aromatic rings. The quantitative estimate of drug-likeness (QED) is 0.628. The number of hydrogen-bond donors (Lipinski definition) is 1. The van der Waals surface area contributed by atoms with E-state index in [4.69, 9.17) is 9.47 Å². The van der Waals surface area contributed by atoms with Crippen LogP contribution in [0.25, 0.3) is 0 Å². The molecule has 0 saturated carbocycles. The van der Waals surface area contributed by atoms with Gasteiger partial charge in [-0.1, -0.05) is 6.07 Å². The van der Waals surface area contributed by atoms with E-state index in [2.05, 4.69) is 20.2 Å². The number of methoxy groups -OCH3 is 1. The Morgan fingerprint density at radius 2 is 2.03 bits per heavy atom. The fourth-order valence-corrected chi connectivity index (χ4v) is 4.09. The van der Waals surface area contributed by atoms with Gasteiger partial charge in [0.25, 0.3) is 0 Å². The van der Waals surface area contributed by atoms with Gasteiger partial charge < -0.3 is 24.6 Å². The van der Waals surface area contributed by atoms with Crippen molar-refractivity contribution in [1.82, 2.24) is 15.3 Å². The van der Waals surface area contributed by atoms with Crippen molar-refractivity contribution in [1.29, 1.82) is 0 Å². The first kappa shape index (κ1) is 21.9. The normalized spacial score (nSPS) is 18.2. The van der Waals surface area contributed by atoms with Crippen LogP contribution in [0.15, 0.2) is 30.3 Å². The Balaban J connectivity index is 1.26. The zero-order valence-corrected chi connectivity index (χ0v) is 18.5. The fourth-order valence-electron chi connectivity index (χ4n) is 4.09. The summed E-state index contributed by atoms with van der Waals surface area (Å²) in [7, 11) is 1.58. The van der Waals surface area contributed by atoms with E-state index in [-0.39, 0.29) is 18.2 Å². The maximum atomic E-state index is 12.6. The van der Waals surface area contributed by atoms with Gasteiger partial charge in [0.15, 0.2) is 0 Å². The standard InChI is InChI=1S/C23H29N5O4/c1-16-25-20(27-9-3-4-10-27)14-21(26-16)32-11-8-24-23(30)17-12-22(29)28(15-17)18-6-5-7-19(13-18)31-2/h5-7,13-14,17H,3-4,8-12,15H2,1-2H3,(H,24,30). The summed E-state index contributed by atoms with van der Waals surface area (Å²) in [5.74, 6) is 2.12. The van der Waals surface area contributed by atoms with Gasteiger partial charge in [0.1, 0.15) is 24.0 Å². The van der Waals surface area contributed by atoms with Gasteiger partial charge in [-0.2, -0.15) is 4.98 Å². The van der Waals surface area contributed by atoms with E-state index in [1.54, 1.807) is 18.1 Å². The lowest BCUT2D eigenvalue weighted by Crippen LogP contribution is -2.35. The molecule has 1 N–H and O–H groups in total. The van der Waals surface area contributed by atoms with Crippen LogP contribution in [0.1, 0.15) is 25.1 Å². The highest BCUT2D eigenvalue weighted by atomic mass is 16.5. The number of nitrogens with zero attached hydrogens (tertiary/aromatic N) is 4. The molecule has 1 unspecified atom stereocenters. The largest absolute Gasteiger partial charge is 0.497 e. The molecule has 1 aromatic heterocycles. The van der Waals surface area contributed by atoms with Crippen LogP contribution >= 0.6 is 0 Å². The summed E-state index contributed by atoms with van der Waals surface area (Å²) >= 11 is 0. The van der Waals surface area contributed by atoms with E-state index in [0.717, 1.165) is 24.6 Å². The van der Waals surface area contributed by atoms with Crippen LogP contribution in [0.5, 0.6) is 11.6 Å². The maximum Gasteiger partial charge on any atom is 0.227 e. The molecule has 0 spiro atoms. The lowest BCUT2D eigenvalue weighted by Gasteiger charge is -2.18. The van der Waals surface area contributed by atoms with E-state index in [1.807, 2.05) is 31.2 Å². The highest BCUT2D eigenvalue weighted by molar-refractivity contribution is 6.00. The Hall–Kier alpha value is -3.36. The summed E-state index contributed by atoms with van der Waals surface area (Å²) in [4.78, 5) is 37.7. The highest BCUT2D eigenvalue weighted by Gasteiger charge is 2.35. The number of rotatable bonds is 8. The van der Waals surface area contributed by atoms with Crippen LogP contribution in [0.4, 0.5) is 11.5 Å². The summed E-state index contributed by atoms with van der Waals surface area (Å²) in [6.45, 7) is 4.83. The topological polar surface area (TPSA) is 96.9 Å². The van der Waals surface area contributed by atoms with Gasteiger partial charge in [-0.15, -0.1) is 0 Å². The molecule has 4 rings (SSSR count). The third-order valence-corrected chi connectivity index (χ3v) is 5.74. The number of nitrogens with one attached hydrogen (secondary N) is 1. The SMILES string of the molecule is COc1cccc(N2CC(C(=O)NCCOc3cc(N4CCCC4)nc(C)n3)CC2=O)c1. The van der Waals surface area contributed by atoms with E-state index in [0.29, 0.717) is 37.2 Å². The fraction of sp³-hybridized carbons (Fsp3) is 0.478. The van der Waals surface area contributed by atoms with Gasteiger partial charge in [0, 0.05) is 43.9 Å². The molecule has 2 aliphatic rings. The minimum Gasteiger partial charge on any atom is -0.497 e. The number of carbonyl (C=O) groups excluding carboxylic acids is 2. The molecule has 2 aliphatic heterocycles. The van der Waals surface area contributed by atoms with Crippen molar-refractivity contribution < 1.29 is 19.1 Å². The molecule has 0 aliphatic carbocycles. The Labute approximate surface area is 187 Å². The molecule has 9 heteroatoms. The molecule has 0 bridgehead atoms. The first-order chi connectivity index (χ1) is 15.5. The predicted molar refractivity (Wildman–Crippen MR) is 120 cm³/mol. The number of ether oxygens (including phenoxy) is 2. The Morgan fingerprint density at radius 3 is 2.81 bits per heavy atom. The van der Waals surface area contributed by atoms with E-state index in [1.165, 1.54) is 12.8 Å². The smallest absolute Gasteiger partial charge is 0.227 e. The second kappa shape index (κ2) is 9.84. The predicted octanol–water partition coefficient (Wildman–Crippen LogP) is 1.94. The first-order valence-corrected chi connectivity index (χ1v) is 11.0. The zero-order chi connectivity index (χ0) is 22.5. The molecule has 32 heavy (non-hydrogen) atoms. The van der Waals surface area contributed by atoms with Crippen molar-refractivity contribution in [2.24, 2.45) is 5.92 Å². The molecule has 2 saturated heterocycles. The molecule has 9 nitrogen and oxygen atoms in total. The van der Waals surface area contributed by atoms with Gasteiger partial charge in [-0.05, 0) is 31.9 Å². The van der Waals surface area contributed by atoms with Crippen LogP contribution < -0.4 is 24.6 Å². The van der Waals surface area contributed by atoms with Gasteiger partial charge in [0.05, 0.1) is 19.6 Å². The molecule has 1 aromatic carbocycles. The number of amides is 2. The minimum atomic E-state index is -0.392. The Bertz CT molecular complexity index is 977. The Kier molecular flexibility index (Phi) is 6.72. The van der Waals surface area contributed by atoms with Gasteiger partial charge in [-0.25, -0.2) is 4.98 Å². The van der Waals surface area contributed by atoms with Crippen molar-refractivity contribution in [3.05, 3.63) is 36.2 Å². The van der Waals surface area contributed by atoms with Crippen LogP contribution in [0.2, 0.25) is 0 Å². The summed E-state index contributed by atoms with van der Waals surface area (Å²) in [6.07, 6.45) is 2.53. The molecular weight excluding hydrogens is 410 g/mol. The van der Waals surface area contributed by atoms with E-state index < -0.39 is 5.92 Å². The number of carbonyl (C=O) groups is 2. The summed E-state index contributed by atoms with van der Waals surface area (Å²) < 4.78 is 11.0. The minimum absolute atomic E-state index is 0.0689. The van der Waals surface area contributed by atoms with E-state index >= 15 is 0 Å². The highest BCUT2D eigenvalue weighted by Crippen LogP contribution is 2.28. The number of aromatic nitrogens is 2. The van der Waals surface area contributed by atoms with Crippen molar-refractivity contribution in [2.45, 2.75) is 26.2 Å². The van der Waals surface area contributed by atoms with Crippen molar-refractivity contribution in [3.8, 4) is 11.6 Å². The molecule has 3 heterocycles. The van der Waals surface area contributed by atoms with Crippen LogP contribution in [0.3, 0.4) is 0 Å². The van der Waals surface area contributed by atoms with Crippen LogP contribution in [0, 0.1) is 12.8 Å². The molecule has 170 valence electrons. The number of anilines is 2. The molecule has 2 amide bonds. The second-order valence-electron chi connectivity index (χ2n) is 8.05. The summed E-state index contributed by atoms with van der Waals surface area (Å²) in [5.41, 5.74) is 0.737. The summed E-state index contributed by atoms with van der Waals surface area (Å²) in [6, 6.07) is 9.14. The molecule has 0 radical (unpaired) electrons. The van der Waals surface area contributed by atoms with Gasteiger partial charge >= 0.3 is 0 Å². The van der Waals surface area contributed by atoms with Gasteiger partial charge in [0.2, 0.25) is 17.7 Å². The number of benzene rings is 1. The van der Waals surface area contributed by atoms with Crippen LogP contribution in [-0.4, -0.2) is 61.7 Å². The lowest BCUT2D eigenvalue weighted by molar-refractivity contribution is -0.126. The van der Waals surface area contributed by atoms with Crippen molar-refractivity contribution in [2.75, 3.05) is 49.7 Å². The first-order valence-electron chi connectivity index (χ1n) is 11.0. The third-order valence-electron chi connectivity index (χ3n) is 5.74. The van der Waals surface area contributed by atoms with Gasteiger partial charge in [-0.3, -0.25) is 9.59 Å². The molecule has 1 atom stereocenters. The van der Waals surface area contributed by atoms with Crippen LogP contribution in [-0.2, 0) is 9.59 Å². The monoisotopic (exact) mass is 439 g/mol. The Morgan fingerprint density at radius 1 is 1.22 bits per heavy atom. The zero-order valence-electron chi connectivity index (χ0n) is 18.5. The average molecular weight is 440 g/mol.